The molecule has 0 amide bonds. The molecule has 0 bridgehead atoms. The number of carbonyl (C=O) groups is 1. The summed E-state index contributed by atoms with van der Waals surface area (Å²) in [5, 5.41) is 23.3. The van der Waals surface area contributed by atoms with Crippen LogP contribution in [0.3, 0.4) is 0 Å². The zero-order valence-electron chi connectivity index (χ0n) is 9.84. The minimum Gasteiger partial charge on any atom is -0.481 e. The topological polar surface area (TPSA) is 69.6 Å². The van der Waals surface area contributed by atoms with E-state index in [-0.39, 0.29) is 13.0 Å². The van der Waals surface area contributed by atoms with Crippen LogP contribution in [0.4, 0.5) is 5.69 Å². The molecule has 0 saturated carbocycles. The first-order chi connectivity index (χ1) is 8.65. The van der Waals surface area contributed by atoms with E-state index in [1.165, 1.54) is 0 Å². The number of aliphatic hydroxyl groups excluding tert-OH is 1. The normalized spacial score (nSPS) is 12.3. The number of carboxylic acids is 1. The monoisotopic (exact) mass is 245 g/mol. The van der Waals surface area contributed by atoms with Crippen LogP contribution < -0.4 is 5.32 Å². The summed E-state index contributed by atoms with van der Waals surface area (Å²) in [5.41, 5.74) is 0.873. The average Bonchev–Trinajstić information content (AvgIpc) is 2.35. The van der Waals surface area contributed by atoms with Crippen LogP contribution in [0.1, 0.15) is 6.42 Å². The predicted octanol–water partition coefficient (Wildman–Crippen LogP) is 2.09. The maximum atomic E-state index is 10.4. The molecule has 3 N–H and O–H groups in total. The van der Waals surface area contributed by atoms with E-state index >= 15 is 0 Å². The molecule has 2 aromatic rings. The van der Waals surface area contributed by atoms with Crippen LogP contribution in [0.15, 0.2) is 42.5 Å². The molecule has 2 aromatic carbocycles. The van der Waals surface area contributed by atoms with E-state index in [2.05, 4.69) is 5.32 Å². The molecule has 0 aliphatic heterocycles. The van der Waals surface area contributed by atoms with Crippen molar-refractivity contribution >= 4 is 22.4 Å². The molecule has 0 fully saturated rings. The third kappa shape index (κ3) is 3.21. The van der Waals surface area contributed by atoms with E-state index < -0.39 is 12.1 Å². The van der Waals surface area contributed by atoms with Crippen LogP contribution in [0.2, 0.25) is 0 Å². The number of rotatable bonds is 5. The van der Waals surface area contributed by atoms with Gasteiger partial charge in [0.05, 0.1) is 12.5 Å². The average molecular weight is 245 g/mol. The van der Waals surface area contributed by atoms with E-state index in [4.69, 9.17) is 5.11 Å². The summed E-state index contributed by atoms with van der Waals surface area (Å²) in [6, 6.07) is 13.9. The van der Waals surface area contributed by atoms with Gasteiger partial charge in [0.2, 0.25) is 0 Å². The molecule has 0 spiro atoms. The minimum atomic E-state index is -0.997. The number of fused-ring (bicyclic) bond motifs is 1. The molecule has 2 rings (SSSR count). The molecule has 0 aromatic heterocycles. The SMILES string of the molecule is O=C(O)CC(O)CNc1ccc2ccccc2c1. The first-order valence-electron chi connectivity index (χ1n) is 5.77. The predicted molar refractivity (Wildman–Crippen MR) is 70.7 cm³/mol. The lowest BCUT2D eigenvalue weighted by Crippen LogP contribution is -2.22. The van der Waals surface area contributed by atoms with E-state index in [9.17, 15) is 9.90 Å². The Bertz CT molecular complexity index is 553. The van der Waals surface area contributed by atoms with Gasteiger partial charge in [-0.3, -0.25) is 4.79 Å². The highest BCUT2D eigenvalue weighted by molar-refractivity contribution is 5.85. The molecule has 0 aliphatic rings. The van der Waals surface area contributed by atoms with Crippen LogP contribution in [-0.4, -0.2) is 28.8 Å². The van der Waals surface area contributed by atoms with E-state index in [0.717, 1.165) is 16.5 Å². The van der Waals surface area contributed by atoms with Gasteiger partial charge in [-0.1, -0.05) is 30.3 Å². The second kappa shape index (κ2) is 5.51. The van der Waals surface area contributed by atoms with Crippen molar-refractivity contribution < 1.29 is 15.0 Å². The molecule has 4 nitrogen and oxygen atoms in total. The second-order valence-electron chi connectivity index (χ2n) is 4.19. The smallest absolute Gasteiger partial charge is 0.306 e. The van der Waals surface area contributed by atoms with Gasteiger partial charge in [-0.2, -0.15) is 0 Å². The summed E-state index contributed by atoms with van der Waals surface area (Å²) < 4.78 is 0. The Kier molecular flexibility index (Phi) is 3.79. The van der Waals surface area contributed by atoms with Crippen LogP contribution in [0, 0.1) is 0 Å². The fourth-order valence-electron chi connectivity index (χ4n) is 1.81. The fraction of sp³-hybridized carbons (Fsp3) is 0.214. The maximum Gasteiger partial charge on any atom is 0.306 e. The summed E-state index contributed by atoms with van der Waals surface area (Å²) in [7, 11) is 0. The summed E-state index contributed by atoms with van der Waals surface area (Å²) in [4.78, 5) is 10.4. The standard InChI is InChI=1S/C14H15NO3/c16-13(8-14(17)18)9-15-12-6-5-10-3-1-2-4-11(10)7-12/h1-7,13,15-16H,8-9H2,(H,17,18). The summed E-state index contributed by atoms with van der Waals surface area (Å²) in [6.45, 7) is 0.227. The van der Waals surface area contributed by atoms with Gasteiger partial charge in [0.25, 0.3) is 0 Å². The molecule has 1 atom stereocenters. The van der Waals surface area contributed by atoms with Gasteiger partial charge in [0.15, 0.2) is 0 Å². The molecule has 0 aliphatic carbocycles. The lowest BCUT2D eigenvalue weighted by Gasteiger charge is -2.11. The van der Waals surface area contributed by atoms with Crippen molar-refractivity contribution in [3.63, 3.8) is 0 Å². The Morgan fingerprint density at radius 1 is 1.17 bits per heavy atom. The van der Waals surface area contributed by atoms with Crippen molar-refractivity contribution in [2.45, 2.75) is 12.5 Å². The highest BCUT2D eigenvalue weighted by Gasteiger charge is 2.08. The molecule has 0 radical (unpaired) electrons. The van der Waals surface area contributed by atoms with Crippen molar-refractivity contribution in [3.8, 4) is 0 Å². The largest absolute Gasteiger partial charge is 0.481 e. The highest BCUT2D eigenvalue weighted by atomic mass is 16.4. The molecule has 4 heteroatoms. The van der Waals surface area contributed by atoms with Crippen molar-refractivity contribution in [3.05, 3.63) is 42.5 Å². The number of anilines is 1. The Labute approximate surface area is 105 Å². The number of hydrogen-bond acceptors (Lipinski definition) is 3. The number of carboxylic acid groups (broad SMARTS) is 1. The van der Waals surface area contributed by atoms with Gasteiger partial charge >= 0.3 is 5.97 Å². The van der Waals surface area contributed by atoms with Crippen molar-refractivity contribution in [2.75, 3.05) is 11.9 Å². The highest BCUT2D eigenvalue weighted by Crippen LogP contribution is 2.18. The van der Waals surface area contributed by atoms with Crippen LogP contribution in [0.25, 0.3) is 10.8 Å². The van der Waals surface area contributed by atoms with E-state index in [1.54, 1.807) is 0 Å². The van der Waals surface area contributed by atoms with E-state index in [0.29, 0.717) is 0 Å². The van der Waals surface area contributed by atoms with E-state index in [1.807, 2.05) is 42.5 Å². The molecular formula is C14H15NO3. The van der Waals surface area contributed by atoms with Gasteiger partial charge < -0.3 is 15.5 Å². The minimum absolute atomic E-state index is 0.227. The molecule has 0 heterocycles. The summed E-state index contributed by atoms with van der Waals surface area (Å²) in [6.07, 6.45) is -1.13. The van der Waals surface area contributed by atoms with Crippen LogP contribution >= 0.6 is 0 Å². The zero-order valence-corrected chi connectivity index (χ0v) is 9.84. The first kappa shape index (κ1) is 12.4. The Hall–Kier alpha value is -2.07. The maximum absolute atomic E-state index is 10.4. The number of benzene rings is 2. The summed E-state index contributed by atoms with van der Waals surface area (Å²) >= 11 is 0. The number of hydrogen-bond donors (Lipinski definition) is 3. The van der Waals surface area contributed by atoms with Crippen molar-refractivity contribution in [1.82, 2.24) is 0 Å². The molecule has 94 valence electrons. The molecule has 0 saturated heterocycles. The molecular weight excluding hydrogens is 230 g/mol. The van der Waals surface area contributed by atoms with Gasteiger partial charge in [-0.15, -0.1) is 0 Å². The van der Waals surface area contributed by atoms with Crippen LogP contribution in [-0.2, 0) is 4.79 Å². The van der Waals surface area contributed by atoms with Crippen LogP contribution in [0.5, 0.6) is 0 Å². The van der Waals surface area contributed by atoms with Gasteiger partial charge in [0, 0.05) is 12.2 Å². The van der Waals surface area contributed by atoms with Gasteiger partial charge in [0.1, 0.15) is 0 Å². The molecule has 18 heavy (non-hydrogen) atoms. The first-order valence-corrected chi connectivity index (χ1v) is 5.77. The second-order valence-corrected chi connectivity index (χ2v) is 4.19. The zero-order chi connectivity index (χ0) is 13.0. The lowest BCUT2D eigenvalue weighted by atomic mass is 10.1. The Balaban J connectivity index is 2.01. The van der Waals surface area contributed by atoms with Gasteiger partial charge in [-0.05, 0) is 22.9 Å². The Morgan fingerprint density at radius 2 is 1.89 bits per heavy atom. The van der Waals surface area contributed by atoms with Crippen molar-refractivity contribution in [1.29, 1.82) is 0 Å². The third-order valence-electron chi connectivity index (χ3n) is 2.70. The van der Waals surface area contributed by atoms with Gasteiger partial charge in [-0.25, -0.2) is 0 Å². The molecule has 1 unspecified atom stereocenters. The quantitative estimate of drug-likeness (QED) is 0.754. The number of aliphatic hydroxyl groups is 1. The Morgan fingerprint density at radius 3 is 2.61 bits per heavy atom. The lowest BCUT2D eigenvalue weighted by molar-refractivity contribution is -0.138. The fourth-order valence-corrected chi connectivity index (χ4v) is 1.81. The van der Waals surface area contributed by atoms with Crippen molar-refractivity contribution in [2.24, 2.45) is 0 Å². The third-order valence-corrected chi connectivity index (χ3v) is 2.70. The number of nitrogens with one attached hydrogen (secondary N) is 1. The summed E-state index contributed by atoms with van der Waals surface area (Å²) in [5.74, 6) is -0.997. The number of aliphatic carboxylic acids is 1.